The number of para-hydroxylation sites is 2. The molecule has 1 amide bonds. The third kappa shape index (κ3) is 4.48. The standard InChI is InChI=1S/C22H20FNO6/c1-3-28-19(26)12-24(15-8-5-4-6-9-15)18(25)13-29-22(27)20-14(2)16-10-7-11-17(23)21(16)30-20/h4-11H,3,12-13H2,1-2H3. The molecule has 0 bridgehead atoms. The third-order valence-electron chi connectivity index (χ3n) is 4.39. The van der Waals surface area contributed by atoms with Crippen molar-refractivity contribution in [3.63, 3.8) is 0 Å². The second kappa shape index (κ2) is 9.21. The predicted molar refractivity (Wildman–Crippen MR) is 107 cm³/mol. The van der Waals surface area contributed by atoms with Crippen molar-refractivity contribution in [2.75, 3.05) is 24.7 Å². The zero-order valence-electron chi connectivity index (χ0n) is 16.5. The number of amides is 1. The van der Waals surface area contributed by atoms with Crippen LogP contribution in [0.25, 0.3) is 11.0 Å². The highest BCUT2D eigenvalue weighted by Crippen LogP contribution is 2.27. The summed E-state index contributed by atoms with van der Waals surface area (Å²) in [4.78, 5) is 38.2. The maximum atomic E-state index is 13.9. The molecule has 0 aliphatic rings. The lowest BCUT2D eigenvalue weighted by atomic mass is 10.1. The average molecular weight is 413 g/mol. The number of nitrogens with zero attached hydrogens (tertiary/aromatic N) is 1. The molecule has 0 fully saturated rings. The van der Waals surface area contributed by atoms with E-state index in [1.54, 1.807) is 50.2 Å². The van der Waals surface area contributed by atoms with Crippen LogP contribution in [-0.4, -0.2) is 37.6 Å². The van der Waals surface area contributed by atoms with Crippen molar-refractivity contribution in [2.24, 2.45) is 0 Å². The van der Waals surface area contributed by atoms with E-state index in [9.17, 15) is 18.8 Å². The normalized spacial score (nSPS) is 10.6. The van der Waals surface area contributed by atoms with Crippen molar-refractivity contribution in [3.05, 3.63) is 65.7 Å². The quantitative estimate of drug-likeness (QED) is 0.550. The number of carbonyl (C=O) groups is 3. The van der Waals surface area contributed by atoms with Gasteiger partial charge in [0.2, 0.25) is 5.76 Å². The molecule has 0 N–H and O–H groups in total. The lowest BCUT2D eigenvalue weighted by Gasteiger charge is -2.21. The Labute approximate surface area is 172 Å². The molecule has 8 heteroatoms. The fraction of sp³-hybridized carbons (Fsp3) is 0.227. The first-order valence-corrected chi connectivity index (χ1v) is 9.28. The summed E-state index contributed by atoms with van der Waals surface area (Å²) >= 11 is 0. The van der Waals surface area contributed by atoms with E-state index >= 15 is 0 Å². The van der Waals surface area contributed by atoms with Crippen LogP contribution in [0.1, 0.15) is 23.0 Å². The fourth-order valence-corrected chi connectivity index (χ4v) is 2.94. The molecule has 3 aromatic rings. The van der Waals surface area contributed by atoms with E-state index < -0.39 is 30.3 Å². The number of carbonyl (C=O) groups excluding carboxylic acids is 3. The van der Waals surface area contributed by atoms with Crippen molar-refractivity contribution in [3.8, 4) is 0 Å². The van der Waals surface area contributed by atoms with Crippen LogP contribution < -0.4 is 4.90 Å². The van der Waals surface area contributed by atoms with Crippen LogP contribution in [0.2, 0.25) is 0 Å². The minimum Gasteiger partial charge on any atom is -0.465 e. The summed E-state index contributed by atoms with van der Waals surface area (Å²) in [5, 5.41) is 0.446. The summed E-state index contributed by atoms with van der Waals surface area (Å²) in [5.74, 6) is -2.90. The van der Waals surface area contributed by atoms with Gasteiger partial charge in [-0.3, -0.25) is 14.5 Å². The van der Waals surface area contributed by atoms with Gasteiger partial charge in [-0.15, -0.1) is 0 Å². The van der Waals surface area contributed by atoms with Crippen molar-refractivity contribution < 1.29 is 32.7 Å². The van der Waals surface area contributed by atoms with Crippen LogP contribution in [0.3, 0.4) is 0 Å². The molecular formula is C22H20FNO6. The summed E-state index contributed by atoms with van der Waals surface area (Å²) in [6.07, 6.45) is 0. The van der Waals surface area contributed by atoms with Gasteiger partial charge in [-0.2, -0.15) is 0 Å². The van der Waals surface area contributed by atoms with Crippen LogP contribution in [0.15, 0.2) is 52.9 Å². The molecule has 1 aromatic heterocycles. The molecular weight excluding hydrogens is 393 g/mol. The van der Waals surface area contributed by atoms with E-state index in [0.29, 0.717) is 16.6 Å². The number of aryl methyl sites for hydroxylation is 1. The predicted octanol–water partition coefficient (Wildman–Crippen LogP) is 3.63. The van der Waals surface area contributed by atoms with Crippen LogP contribution in [0.4, 0.5) is 10.1 Å². The Balaban J connectivity index is 1.75. The Morgan fingerprint density at radius 3 is 2.43 bits per heavy atom. The smallest absolute Gasteiger partial charge is 0.375 e. The van der Waals surface area contributed by atoms with Crippen LogP contribution in [0, 0.1) is 12.7 Å². The molecule has 0 aliphatic heterocycles. The highest BCUT2D eigenvalue weighted by molar-refractivity contribution is 6.01. The van der Waals surface area contributed by atoms with Gasteiger partial charge in [-0.05, 0) is 32.0 Å². The number of benzene rings is 2. The molecule has 30 heavy (non-hydrogen) atoms. The van der Waals surface area contributed by atoms with E-state index in [2.05, 4.69) is 0 Å². The number of hydrogen-bond acceptors (Lipinski definition) is 6. The number of halogens is 1. The van der Waals surface area contributed by atoms with Crippen molar-refractivity contribution >= 4 is 34.5 Å². The number of fused-ring (bicyclic) bond motifs is 1. The SMILES string of the molecule is CCOC(=O)CN(C(=O)COC(=O)c1oc2c(F)cccc2c1C)c1ccccc1. The lowest BCUT2D eigenvalue weighted by Crippen LogP contribution is -2.39. The van der Waals surface area contributed by atoms with E-state index in [-0.39, 0.29) is 24.5 Å². The van der Waals surface area contributed by atoms with Gasteiger partial charge in [0.1, 0.15) is 6.54 Å². The van der Waals surface area contributed by atoms with E-state index in [4.69, 9.17) is 13.9 Å². The first kappa shape index (κ1) is 21.0. The van der Waals surface area contributed by atoms with Gasteiger partial charge >= 0.3 is 11.9 Å². The molecule has 0 atom stereocenters. The van der Waals surface area contributed by atoms with Crippen molar-refractivity contribution in [1.29, 1.82) is 0 Å². The first-order chi connectivity index (χ1) is 14.4. The molecule has 1 heterocycles. The number of rotatable bonds is 7. The number of furan rings is 1. The summed E-state index contributed by atoms with van der Waals surface area (Å²) in [5.41, 5.74) is 0.809. The monoisotopic (exact) mass is 413 g/mol. The number of ether oxygens (including phenoxy) is 2. The zero-order valence-corrected chi connectivity index (χ0v) is 16.5. The van der Waals surface area contributed by atoms with Gasteiger partial charge in [0.15, 0.2) is 18.0 Å². The average Bonchev–Trinajstić information content (AvgIpc) is 3.09. The molecule has 0 unspecified atom stereocenters. The number of hydrogen-bond donors (Lipinski definition) is 0. The topological polar surface area (TPSA) is 86.0 Å². The van der Waals surface area contributed by atoms with Gasteiger partial charge in [-0.25, -0.2) is 9.18 Å². The fourth-order valence-electron chi connectivity index (χ4n) is 2.94. The number of esters is 2. The molecule has 7 nitrogen and oxygen atoms in total. The second-order valence-electron chi connectivity index (χ2n) is 6.37. The van der Waals surface area contributed by atoms with E-state index in [1.807, 2.05) is 0 Å². The number of anilines is 1. The molecule has 0 radical (unpaired) electrons. The summed E-state index contributed by atoms with van der Waals surface area (Å²) in [7, 11) is 0. The molecule has 0 aliphatic carbocycles. The third-order valence-corrected chi connectivity index (χ3v) is 4.39. The highest BCUT2D eigenvalue weighted by atomic mass is 19.1. The van der Waals surface area contributed by atoms with Crippen LogP contribution in [-0.2, 0) is 19.1 Å². The minimum absolute atomic E-state index is 0.0542. The van der Waals surface area contributed by atoms with Crippen LogP contribution >= 0.6 is 0 Å². The molecule has 3 rings (SSSR count). The Morgan fingerprint density at radius 1 is 1.03 bits per heavy atom. The lowest BCUT2D eigenvalue weighted by molar-refractivity contribution is -0.142. The molecule has 0 saturated heterocycles. The summed E-state index contributed by atoms with van der Waals surface area (Å²) in [6, 6.07) is 12.8. The maximum absolute atomic E-state index is 13.9. The summed E-state index contributed by atoms with van der Waals surface area (Å²) in [6.45, 7) is 2.47. The van der Waals surface area contributed by atoms with E-state index in [0.717, 1.165) is 4.90 Å². The van der Waals surface area contributed by atoms with Gasteiger partial charge in [0.25, 0.3) is 5.91 Å². The molecule has 156 valence electrons. The highest BCUT2D eigenvalue weighted by Gasteiger charge is 2.24. The Morgan fingerprint density at radius 2 is 1.77 bits per heavy atom. The van der Waals surface area contributed by atoms with Gasteiger partial charge in [-0.1, -0.05) is 30.3 Å². The maximum Gasteiger partial charge on any atom is 0.375 e. The zero-order chi connectivity index (χ0) is 21.7. The van der Waals surface area contributed by atoms with E-state index in [1.165, 1.54) is 12.1 Å². The Kier molecular flexibility index (Phi) is 6.46. The minimum atomic E-state index is -0.902. The van der Waals surface area contributed by atoms with Crippen LogP contribution in [0.5, 0.6) is 0 Å². The van der Waals surface area contributed by atoms with Gasteiger partial charge < -0.3 is 13.9 Å². The second-order valence-corrected chi connectivity index (χ2v) is 6.37. The molecule has 2 aromatic carbocycles. The summed E-state index contributed by atoms with van der Waals surface area (Å²) < 4.78 is 29.2. The Bertz CT molecular complexity index is 1080. The van der Waals surface area contributed by atoms with Gasteiger partial charge in [0.05, 0.1) is 6.61 Å². The van der Waals surface area contributed by atoms with Crippen molar-refractivity contribution in [2.45, 2.75) is 13.8 Å². The molecule has 0 saturated carbocycles. The first-order valence-electron chi connectivity index (χ1n) is 9.28. The Hall–Kier alpha value is -3.68. The largest absolute Gasteiger partial charge is 0.465 e. The molecule has 0 spiro atoms. The van der Waals surface area contributed by atoms with Gasteiger partial charge in [0, 0.05) is 16.6 Å². The van der Waals surface area contributed by atoms with Crippen molar-refractivity contribution in [1.82, 2.24) is 0 Å².